The van der Waals surface area contributed by atoms with Gasteiger partial charge in [-0.05, 0) is 19.1 Å². The largest absolute Gasteiger partial charge is 0.468 e. The SMILES string of the molecule is COC(=O)CN.Cc1ccc(Cl)cc1. The second-order valence-corrected chi connectivity index (χ2v) is 3.01. The van der Waals surface area contributed by atoms with E-state index in [1.54, 1.807) is 0 Å². The van der Waals surface area contributed by atoms with E-state index in [9.17, 15) is 4.79 Å². The minimum Gasteiger partial charge on any atom is -0.468 e. The summed E-state index contributed by atoms with van der Waals surface area (Å²) in [6, 6.07) is 7.75. The molecule has 0 saturated carbocycles. The van der Waals surface area contributed by atoms with Crippen LogP contribution in [0.3, 0.4) is 0 Å². The Morgan fingerprint density at radius 2 is 1.93 bits per heavy atom. The Morgan fingerprint density at radius 3 is 2.14 bits per heavy atom. The van der Waals surface area contributed by atoms with Crippen LogP contribution >= 0.6 is 11.6 Å². The highest BCUT2D eigenvalue weighted by molar-refractivity contribution is 6.30. The maximum atomic E-state index is 9.83. The lowest BCUT2D eigenvalue weighted by atomic mass is 10.2. The summed E-state index contributed by atoms with van der Waals surface area (Å²) in [5, 5.41) is 0.801. The van der Waals surface area contributed by atoms with Crippen molar-refractivity contribution in [3.63, 3.8) is 0 Å². The number of methoxy groups -OCH3 is 1. The maximum absolute atomic E-state index is 9.83. The third kappa shape index (κ3) is 6.46. The van der Waals surface area contributed by atoms with Crippen molar-refractivity contribution in [3.8, 4) is 0 Å². The summed E-state index contributed by atoms with van der Waals surface area (Å²) in [6.07, 6.45) is 0. The van der Waals surface area contributed by atoms with Crippen molar-refractivity contribution in [2.24, 2.45) is 5.73 Å². The average molecular weight is 216 g/mol. The van der Waals surface area contributed by atoms with Crippen molar-refractivity contribution in [1.29, 1.82) is 0 Å². The number of nitrogens with two attached hydrogens (primary N) is 1. The predicted octanol–water partition coefficient (Wildman–Crippen LogP) is 1.77. The number of carbonyl (C=O) groups is 1. The van der Waals surface area contributed by atoms with Crippen molar-refractivity contribution in [3.05, 3.63) is 34.9 Å². The topological polar surface area (TPSA) is 52.3 Å². The third-order valence-corrected chi connectivity index (χ3v) is 1.66. The van der Waals surface area contributed by atoms with Gasteiger partial charge in [-0.2, -0.15) is 0 Å². The van der Waals surface area contributed by atoms with Gasteiger partial charge in [-0.15, -0.1) is 0 Å². The van der Waals surface area contributed by atoms with E-state index in [0.29, 0.717) is 0 Å². The first kappa shape index (κ1) is 12.9. The van der Waals surface area contributed by atoms with Gasteiger partial charge in [0.2, 0.25) is 0 Å². The lowest BCUT2D eigenvalue weighted by Crippen LogP contribution is -2.14. The molecule has 0 radical (unpaired) electrons. The first-order chi connectivity index (χ1) is 6.60. The van der Waals surface area contributed by atoms with E-state index in [-0.39, 0.29) is 12.5 Å². The monoisotopic (exact) mass is 215 g/mol. The molecule has 0 unspecified atom stereocenters. The van der Waals surface area contributed by atoms with E-state index in [0.717, 1.165) is 5.02 Å². The fraction of sp³-hybridized carbons (Fsp3) is 0.300. The number of ether oxygens (including phenoxy) is 1. The maximum Gasteiger partial charge on any atom is 0.319 e. The summed E-state index contributed by atoms with van der Waals surface area (Å²) in [5.41, 5.74) is 6.05. The highest BCUT2D eigenvalue weighted by atomic mass is 35.5. The van der Waals surface area contributed by atoms with E-state index < -0.39 is 0 Å². The Bertz CT molecular complexity index is 245. The van der Waals surface area contributed by atoms with E-state index in [4.69, 9.17) is 17.3 Å². The van der Waals surface area contributed by atoms with Gasteiger partial charge in [0.1, 0.15) is 0 Å². The van der Waals surface area contributed by atoms with Gasteiger partial charge in [0.15, 0.2) is 0 Å². The van der Waals surface area contributed by atoms with Crippen LogP contribution in [0.1, 0.15) is 5.56 Å². The van der Waals surface area contributed by atoms with Crippen molar-refractivity contribution in [2.75, 3.05) is 13.7 Å². The van der Waals surface area contributed by atoms with E-state index in [2.05, 4.69) is 4.74 Å². The van der Waals surface area contributed by atoms with Gasteiger partial charge < -0.3 is 10.5 Å². The van der Waals surface area contributed by atoms with Crippen LogP contribution in [-0.2, 0) is 9.53 Å². The molecule has 2 N–H and O–H groups in total. The van der Waals surface area contributed by atoms with Gasteiger partial charge in [0, 0.05) is 5.02 Å². The summed E-state index contributed by atoms with van der Waals surface area (Å²) in [6.45, 7) is 2.01. The molecule has 78 valence electrons. The molecule has 0 saturated heterocycles. The molecule has 0 atom stereocenters. The molecular weight excluding hydrogens is 202 g/mol. The fourth-order valence-corrected chi connectivity index (χ4v) is 0.743. The minimum absolute atomic E-state index is 0.0312. The van der Waals surface area contributed by atoms with Gasteiger partial charge in [-0.3, -0.25) is 4.79 Å². The first-order valence-electron chi connectivity index (χ1n) is 4.09. The summed E-state index contributed by atoms with van der Waals surface area (Å²) < 4.78 is 4.14. The second kappa shape index (κ2) is 7.35. The molecule has 0 aromatic heterocycles. The Kier molecular flexibility index (Phi) is 6.80. The molecule has 1 aromatic carbocycles. The number of aryl methyl sites for hydroxylation is 1. The van der Waals surface area contributed by atoms with Crippen LogP contribution in [0.15, 0.2) is 24.3 Å². The van der Waals surface area contributed by atoms with Crippen molar-refractivity contribution >= 4 is 17.6 Å². The van der Waals surface area contributed by atoms with Crippen LogP contribution in [0.4, 0.5) is 0 Å². The van der Waals surface area contributed by atoms with Gasteiger partial charge in [-0.25, -0.2) is 0 Å². The van der Waals surface area contributed by atoms with Crippen LogP contribution in [0.2, 0.25) is 5.02 Å². The Hall–Kier alpha value is -1.06. The number of carbonyl (C=O) groups excluding carboxylic acids is 1. The van der Waals surface area contributed by atoms with Gasteiger partial charge >= 0.3 is 5.97 Å². The highest BCUT2D eigenvalue weighted by Crippen LogP contribution is 2.07. The minimum atomic E-state index is -0.380. The summed E-state index contributed by atoms with van der Waals surface area (Å²) in [5.74, 6) is -0.380. The normalized spacial score (nSPS) is 8.57. The first-order valence-corrected chi connectivity index (χ1v) is 4.47. The molecule has 0 aliphatic heterocycles. The van der Waals surface area contributed by atoms with Crippen LogP contribution < -0.4 is 5.73 Å². The summed E-state index contributed by atoms with van der Waals surface area (Å²) in [7, 11) is 1.30. The third-order valence-electron chi connectivity index (χ3n) is 1.41. The standard InChI is InChI=1S/C7H7Cl.C3H7NO2/c1-6-2-4-7(8)5-3-6;1-6-3(5)2-4/h2-5H,1H3;2,4H2,1H3. The van der Waals surface area contributed by atoms with E-state index in [1.807, 2.05) is 31.2 Å². The average Bonchev–Trinajstić information content (AvgIpc) is 2.22. The van der Waals surface area contributed by atoms with Crippen LogP contribution in [0, 0.1) is 6.92 Å². The molecule has 0 aliphatic carbocycles. The quantitative estimate of drug-likeness (QED) is 0.727. The molecule has 0 bridgehead atoms. The van der Waals surface area contributed by atoms with Gasteiger partial charge in [0.05, 0.1) is 13.7 Å². The van der Waals surface area contributed by atoms with E-state index >= 15 is 0 Å². The van der Waals surface area contributed by atoms with Gasteiger partial charge in [-0.1, -0.05) is 29.3 Å². The number of halogens is 1. The number of hydrogen-bond acceptors (Lipinski definition) is 3. The Morgan fingerprint density at radius 1 is 1.43 bits per heavy atom. The zero-order valence-corrected chi connectivity index (χ0v) is 9.04. The molecule has 4 heteroatoms. The molecule has 0 fully saturated rings. The van der Waals surface area contributed by atoms with Gasteiger partial charge in [0.25, 0.3) is 0 Å². The van der Waals surface area contributed by atoms with Crippen molar-refractivity contribution in [2.45, 2.75) is 6.92 Å². The Balaban J connectivity index is 0.000000255. The summed E-state index contributed by atoms with van der Waals surface area (Å²) >= 11 is 5.61. The number of esters is 1. The number of benzene rings is 1. The molecule has 1 rings (SSSR count). The number of rotatable bonds is 1. The van der Waals surface area contributed by atoms with Crippen LogP contribution in [0.5, 0.6) is 0 Å². The molecule has 3 nitrogen and oxygen atoms in total. The molecule has 1 aromatic rings. The van der Waals surface area contributed by atoms with Crippen LogP contribution in [-0.4, -0.2) is 19.6 Å². The van der Waals surface area contributed by atoms with E-state index in [1.165, 1.54) is 12.7 Å². The molecular formula is C10H14ClNO2. The smallest absolute Gasteiger partial charge is 0.319 e. The Labute approximate surface area is 88.8 Å². The molecule has 0 spiro atoms. The van der Waals surface area contributed by atoms with Crippen molar-refractivity contribution < 1.29 is 9.53 Å². The molecule has 0 heterocycles. The second-order valence-electron chi connectivity index (χ2n) is 2.58. The lowest BCUT2D eigenvalue weighted by Gasteiger charge is -1.88. The fourth-order valence-electron chi connectivity index (χ4n) is 0.617. The molecule has 14 heavy (non-hydrogen) atoms. The predicted molar refractivity (Wildman–Crippen MR) is 57.3 cm³/mol. The number of hydrogen-bond donors (Lipinski definition) is 1. The zero-order chi connectivity index (χ0) is 11.0. The molecule has 0 amide bonds. The van der Waals surface area contributed by atoms with Crippen molar-refractivity contribution in [1.82, 2.24) is 0 Å². The highest BCUT2D eigenvalue weighted by Gasteiger charge is 1.87. The van der Waals surface area contributed by atoms with Crippen LogP contribution in [0.25, 0.3) is 0 Å². The zero-order valence-electron chi connectivity index (χ0n) is 8.29. The molecule has 0 aliphatic rings. The lowest BCUT2D eigenvalue weighted by molar-refractivity contribution is -0.138. The summed E-state index contributed by atoms with van der Waals surface area (Å²) in [4.78, 5) is 9.83.